The molecule has 0 saturated heterocycles. The van der Waals surface area contributed by atoms with Gasteiger partial charge in [-0.1, -0.05) is 23.7 Å². The molecule has 0 radical (unpaired) electrons. The van der Waals surface area contributed by atoms with Gasteiger partial charge >= 0.3 is 0 Å². The van der Waals surface area contributed by atoms with E-state index in [9.17, 15) is 9.90 Å². The highest BCUT2D eigenvalue weighted by Gasteiger charge is 2.23. The predicted octanol–water partition coefficient (Wildman–Crippen LogP) is 3.49. The summed E-state index contributed by atoms with van der Waals surface area (Å²) in [5.41, 5.74) is 1.43. The van der Waals surface area contributed by atoms with Crippen molar-refractivity contribution in [3.8, 4) is 28.8 Å². The van der Waals surface area contributed by atoms with E-state index in [2.05, 4.69) is 9.97 Å². The van der Waals surface area contributed by atoms with Crippen LogP contribution in [0.3, 0.4) is 0 Å². The lowest BCUT2D eigenvalue weighted by Crippen LogP contribution is -2.20. The molecule has 5 nitrogen and oxygen atoms in total. The van der Waals surface area contributed by atoms with Gasteiger partial charge in [-0.2, -0.15) is 4.98 Å². The van der Waals surface area contributed by atoms with E-state index >= 15 is 0 Å². The first-order chi connectivity index (χ1) is 11.1. The lowest BCUT2D eigenvalue weighted by Gasteiger charge is -2.19. The summed E-state index contributed by atoms with van der Waals surface area (Å²) < 4.78 is 5.74. The largest absolute Gasteiger partial charge is 0.507 e. The molecule has 0 amide bonds. The number of halogens is 1. The number of hydrogen-bond acceptors (Lipinski definition) is 4. The number of phenols is 1. The molecule has 0 fully saturated rings. The number of nitrogens with one attached hydrogen (secondary N) is 1. The second kappa shape index (κ2) is 5.14. The van der Waals surface area contributed by atoms with Crippen LogP contribution in [-0.2, 0) is 6.42 Å². The molecule has 0 bridgehead atoms. The van der Waals surface area contributed by atoms with Gasteiger partial charge in [0.1, 0.15) is 17.3 Å². The molecule has 0 spiro atoms. The Balaban J connectivity index is 1.85. The first-order valence-electron chi connectivity index (χ1n) is 6.99. The number of aromatic nitrogens is 2. The van der Waals surface area contributed by atoms with Crippen molar-refractivity contribution in [1.82, 2.24) is 9.97 Å². The first kappa shape index (κ1) is 13.8. The Labute approximate surface area is 136 Å². The number of ether oxygens (including phenoxy) is 1. The SMILES string of the molecule is O=c1[nH]c(-c2ccccc2O)nc2c1Cc1cc(Cl)ccc1O2. The van der Waals surface area contributed by atoms with Gasteiger partial charge in [0.2, 0.25) is 5.88 Å². The second-order valence-corrected chi connectivity index (χ2v) is 5.68. The molecule has 2 N–H and O–H groups in total. The quantitative estimate of drug-likeness (QED) is 0.561. The zero-order valence-corrected chi connectivity index (χ0v) is 12.6. The van der Waals surface area contributed by atoms with E-state index in [-0.39, 0.29) is 23.0 Å². The van der Waals surface area contributed by atoms with Gasteiger partial charge in [0, 0.05) is 17.0 Å². The maximum absolute atomic E-state index is 12.4. The molecular weight excluding hydrogens is 316 g/mol. The van der Waals surface area contributed by atoms with Gasteiger partial charge in [0.05, 0.1) is 11.1 Å². The zero-order chi connectivity index (χ0) is 16.0. The molecule has 1 aliphatic rings. The van der Waals surface area contributed by atoms with Gasteiger partial charge in [0.15, 0.2) is 0 Å². The summed E-state index contributed by atoms with van der Waals surface area (Å²) in [5.74, 6) is 1.19. The molecule has 0 unspecified atom stereocenters. The minimum atomic E-state index is -0.293. The summed E-state index contributed by atoms with van der Waals surface area (Å²) in [6.45, 7) is 0. The molecule has 2 aromatic carbocycles. The van der Waals surface area contributed by atoms with Crippen molar-refractivity contribution < 1.29 is 9.84 Å². The van der Waals surface area contributed by atoms with Crippen LogP contribution in [0.2, 0.25) is 5.02 Å². The minimum Gasteiger partial charge on any atom is -0.507 e. The van der Waals surface area contributed by atoms with Crippen LogP contribution in [0.5, 0.6) is 17.4 Å². The van der Waals surface area contributed by atoms with Crippen LogP contribution in [0, 0.1) is 0 Å². The average molecular weight is 327 g/mol. The smallest absolute Gasteiger partial charge is 0.258 e. The molecule has 0 atom stereocenters. The Morgan fingerprint density at radius 1 is 1.22 bits per heavy atom. The summed E-state index contributed by atoms with van der Waals surface area (Å²) >= 11 is 5.98. The third-order valence-electron chi connectivity index (χ3n) is 3.73. The minimum absolute atomic E-state index is 0.0404. The summed E-state index contributed by atoms with van der Waals surface area (Å²) in [4.78, 5) is 19.4. The van der Waals surface area contributed by atoms with Crippen molar-refractivity contribution >= 4 is 11.6 Å². The van der Waals surface area contributed by atoms with Gasteiger partial charge < -0.3 is 14.8 Å². The molecule has 1 aromatic heterocycles. The number of hydrogen-bond donors (Lipinski definition) is 2. The van der Waals surface area contributed by atoms with E-state index in [0.29, 0.717) is 28.3 Å². The molecule has 0 aliphatic carbocycles. The molecule has 114 valence electrons. The molecule has 6 heteroatoms. The monoisotopic (exact) mass is 326 g/mol. The van der Waals surface area contributed by atoms with E-state index in [0.717, 1.165) is 5.56 Å². The number of aromatic amines is 1. The number of nitrogens with zero attached hydrogens (tertiary/aromatic N) is 1. The fourth-order valence-electron chi connectivity index (χ4n) is 2.60. The van der Waals surface area contributed by atoms with Crippen molar-refractivity contribution in [2.24, 2.45) is 0 Å². The Hall–Kier alpha value is -2.79. The number of benzene rings is 2. The van der Waals surface area contributed by atoms with Crippen LogP contribution < -0.4 is 10.3 Å². The number of fused-ring (bicyclic) bond motifs is 2. The van der Waals surface area contributed by atoms with Crippen LogP contribution in [-0.4, -0.2) is 15.1 Å². The van der Waals surface area contributed by atoms with Gasteiger partial charge in [-0.25, -0.2) is 0 Å². The van der Waals surface area contributed by atoms with Crippen molar-refractivity contribution in [1.29, 1.82) is 0 Å². The van der Waals surface area contributed by atoms with Gasteiger partial charge in [-0.15, -0.1) is 0 Å². The summed E-state index contributed by atoms with van der Waals surface area (Å²) in [7, 11) is 0. The Kier molecular flexibility index (Phi) is 3.09. The van der Waals surface area contributed by atoms with Crippen LogP contribution in [0.4, 0.5) is 0 Å². The highest BCUT2D eigenvalue weighted by molar-refractivity contribution is 6.30. The first-order valence-corrected chi connectivity index (χ1v) is 7.37. The average Bonchev–Trinajstić information content (AvgIpc) is 2.54. The number of para-hydroxylation sites is 1. The van der Waals surface area contributed by atoms with Crippen LogP contribution in [0.1, 0.15) is 11.1 Å². The predicted molar refractivity (Wildman–Crippen MR) is 86.3 cm³/mol. The van der Waals surface area contributed by atoms with Gasteiger partial charge in [-0.3, -0.25) is 4.79 Å². The zero-order valence-electron chi connectivity index (χ0n) is 11.8. The van der Waals surface area contributed by atoms with Gasteiger partial charge in [0.25, 0.3) is 5.56 Å². The standard InChI is InChI=1S/C17H11ClN2O3/c18-10-5-6-14-9(7-10)8-12-16(22)19-15(20-17(12)23-14)11-3-1-2-4-13(11)21/h1-7,21H,8H2,(H,19,20,22). The third kappa shape index (κ3) is 2.35. The molecule has 4 rings (SSSR count). The normalized spacial score (nSPS) is 12.2. The lowest BCUT2D eigenvalue weighted by molar-refractivity contribution is 0.437. The Bertz CT molecular complexity index is 982. The Morgan fingerprint density at radius 2 is 2.04 bits per heavy atom. The summed E-state index contributed by atoms with van der Waals surface area (Å²) in [5, 5.41) is 10.5. The second-order valence-electron chi connectivity index (χ2n) is 5.25. The fraction of sp³-hybridized carbons (Fsp3) is 0.0588. The topological polar surface area (TPSA) is 75.2 Å². The van der Waals surface area contributed by atoms with Crippen molar-refractivity contribution in [2.75, 3.05) is 0 Å². The third-order valence-corrected chi connectivity index (χ3v) is 3.97. The van der Waals surface area contributed by atoms with E-state index in [1.54, 1.807) is 36.4 Å². The molecule has 0 saturated carbocycles. The molecule has 23 heavy (non-hydrogen) atoms. The number of rotatable bonds is 1. The van der Waals surface area contributed by atoms with E-state index < -0.39 is 0 Å². The highest BCUT2D eigenvalue weighted by atomic mass is 35.5. The van der Waals surface area contributed by atoms with Crippen LogP contribution in [0.15, 0.2) is 47.3 Å². The maximum atomic E-state index is 12.4. The van der Waals surface area contributed by atoms with E-state index in [4.69, 9.17) is 16.3 Å². The fourth-order valence-corrected chi connectivity index (χ4v) is 2.79. The van der Waals surface area contributed by atoms with Crippen molar-refractivity contribution in [3.63, 3.8) is 0 Å². The number of phenolic OH excluding ortho intramolecular Hbond substituents is 1. The lowest BCUT2D eigenvalue weighted by atomic mass is 10.0. The molecule has 2 heterocycles. The molecular formula is C17H11ClN2O3. The van der Waals surface area contributed by atoms with E-state index in [1.807, 2.05) is 0 Å². The molecule has 3 aromatic rings. The summed E-state index contributed by atoms with van der Waals surface area (Å²) in [6.07, 6.45) is 0.397. The summed E-state index contributed by atoms with van der Waals surface area (Å²) in [6, 6.07) is 11.9. The highest BCUT2D eigenvalue weighted by Crippen LogP contribution is 2.36. The number of aromatic hydroxyl groups is 1. The molecule has 1 aliphatic heterocycles. The Morgan fingerprint density at radius 3 is 2.87 bits per heavy atom. The van der Waals surface area contributed by atoms with Crippen LogP contribution >= 0.6 is 11.6 Å². The maximum Gasteiger partial charge on any atom is 0.258 e. The van der Waals surface area contributed by atoms with Crippen molar-refractivity contribution in [2.45, 2.75) is 6.42 Å². The van der Waals surface area contributed by atoms with Crippen LogP contribution in [0.25, 0.3) is 11.4 Å². The van der Waals surface area contributed by atoms with E-state index in [1.165, 1.54) is 6.07 Å². The van der Waals surface area contributed by atoms with Crippen molar-refractivity contribution in [3.05, 3.63) is 69.0 Å². The number of H-pyrrole nitrogens is 1. The van der Waals surface area contributed by atoms with Gasteiger partial charge in [-0.05, 0) is 30.3 Å².